The molecule has 0 saturated heterocycles. The molecule has 1 fully saturated rings. The molecule has 0 atom stereocenters. The van der Waals surface area contributed by atoms with Gasteiger partial charge >= 0.3 is 5.97 Å². The first-order chi connectivity index (χ1) is 8.29. The average molecular weight is 267 g/mol. The van der Waals surface area contributed by atoms with E-state index in [9.17, 15) is 4.79 Å². The molecule has 0 amide bonds. The molecule has 0 heterocycles. The highest BCUT2D eigenvalue weighted by Crippen LogP contribution is 2.43. The van der Waals surface area contributed by atoms with E-state index in [0.29, 0.717) is 16.5 Å². The lowest BCUT2D eigenvalue weighted by atomic mass is 10.0. The third-order valence-electron chi connectivity index (χ3n) is 3.06. The lowest BCUT2D eigenvalue weighted by molar-refractivity contribution is 0.00696. The molecule has 0 bridgehead atoms. The standard InChI is InChI=1S/C15H19ClO2/c1-9-11(10-5-6-10)7-8-12(13(9)16)14(17)18-15(2,3)4/h7-8,10H,5-6H2,1-4H3. The van der Waals surface area contributed by atoms with Crippen LogP contribution in [0.25, 0.3) is 0 Å². The van der Waals surface area contributed by atoms with E-state index in [2.05, 4.69) is 0 Å². The first-order valence-electron chi connectivity index (χ1n) is 6.32. The normalized spacial score (nSPS) is 15.6. The Morgan fingerprint density at radius 2 is 1.94 bits per heavy atom. The summed E-state index contributed by atoms with van der Waals surface area (Å²) in [7, 11) is 0. The number of hydrogen-bond acceptors (Lipinski definition) is 2. The minimum Gasteiger partial charge on any atom is -0.456 e. The molecule has 1 aromatic carbocycles. The van der Waals surface area contributed by atoms with Gasteiger partial charge in [0.25, 0.3) is 0 Å². The van der Waals surface area contributed by atoms with Gasteiger partial charge in [-0.1, -0.05) is 17.7 Å². The van der Waals surface area contributed by atoms with Crippen molar-refractivity contribution in [2.75, 3.05) is 0 Å². The van der Waals surface area contributed by atoms with Gasteiger partial charge in [0, 0.05) is 0 Å². The summed E-state index contributed by atoms with van der Waals surface area (Å²) in [6.45, 7) is 7.53. The van der Waals surface area contributed by atoms with Gasteiger partial charge in [0.05, 0.1) is 10.6 Å². The average Bonchev–Trinajstić information content (AvgIpc) is 3.02. The lowest BCUT2D eigenvalue weighted by Gasteiger charge is -2.20. The summed E-state index contributed by atoms with van der Waals surface area (Å²) in [5.41, 5.74) is 2.26. The lowest BCUT2D eigenvalue weighted by Crippen LogP contribution is -2.24. The van der Waals surface area contributed by atoms with Crippen LogP contribution in [0.4, 0.5) is 0 Å². The Morgan fingerprint density at radius 3 is 2.44 bits per heavy atom. The largest absolute Gasteiger partial charge is 0.456 e. The summed E-state index contributed by atoms with van der Waals surface area (Å²) >= 11 is 6.29. The van der Waals surface area contributed by atoms with Crippen LogP contribution in [0.15, 0.2) is 12.1 Å². The Bertz CT molecular complexity index is 482. The van der Waals surface area contributed by atoms with Crippen molar-refractivity contribution < 1.29 is 9.53 Å². The molecular weight excluding hydrogens is 248 g/mol. The predicted octanol–water partition coefficient (Wildman–Crippen LogP) is 4.48. The summed E-state index contributed by atoms with van der Waals surface area (Å²) in [6, 6.07) is 3.80. The van der Waals surface area contributed by atoms with Gasteiger partial charge in [-0.25, -0.2) is 4.79 Å². The van der Waals surface area contributed by atoms with Gasteiger partial charge in [-0.15, -0.1) is 0 Å². The SMILES string of the molecule is Cc1c(C2CC2)ccc(C(=O)OC(C)(C)C)c1Cl. The first-order valence-corrected chi connectivity index (χ1v) is 6.70. The highest BCUT2D eigenvalue weighted by Gasteiger charge is 2.28. The van der Waals surface area contributed by atoms with Crippen LogP contribution in [0.5, 0.6) is 0 Å². The van der Waals surface area contributed by atoms with E-state index in [-0.39, 0.29) is 5.97 Å². The fourth-order valence-electron chi connectivity index (χ4n) is 2.03. The molecule has 1 saturated carbocycles. The molecular formula is C15H19ClO2. The number of carbonyl (C=O) groups is 1. The van der Waals surface area contributed by atoms with Crippen LogP contribution in [0.3, 0.4) is 0 Å². The Balaban J connectivity index is 2.29. The van der Waals surface area contributed by atoms with Gasteiger partial charge in [0.1, 0.15) is 5.60 Å². The molecule has 18 heavy (non-hydrogen) atoms. The van der Waals surface area contributed by atoms with E-state index in [1.54, 1.807) is 6.07 Å². The number of esters is 1. The molecule has 1 aliphatic carbocycles. The minimum atomic E-state index is -0.497. The zero-order valence-corrected chi connectivity index (χ0v) is 12.1. The number of benzene rings is 1. The molecule has 0 aliphatic heterocycles. The van der Waals surface area contributed by atoms with Crippen LogP contribution in [0.1, 0.15) is 61.0 Å². The molecule has 0 N–H and O–H groups in total. The summed E-state index contributed by atoms with van der Waals surface area (Å²) in [6.07, 6.45) is 2.45. The predicted molar refractivity (Wildman–Crippen MR) is 73.3 cm³/mol. The number of hydrogen-bond donors (Lipinski definition) is 0. The number of carbonyl (C=O) groups excluding carboxylic acids is 1. The Morgan fingerprint density at radius 1 is 1.33 bits per heavy atom. The van der Waals surface area contributed by atoms with Crippen LogP contribution in [-0.4, -0.2) is 11.6 Å². The fourth-order valence-corrected chi connectivity index (χ4v) is 2.28. The van der Waals surface area contributed by atoms with Crippen molar-refractivity contribution >= 4 is 17.6 Å². The maximum absolute atomic E-state index is 12.0. The Hall–Kier alpha value is -1.02. The van der Waals surface area contributed by atoms with E-state index < -0.39 is 5.60 Å². The Labute approximate surface area is 113 Å². The highest BCUT2D eigenvalue weighted by atomic mass is 35.5. The molecule has 2 rings (SSSR count). The molecule has 0 spiro atoms. The number of ether oxygens (including phenoxy) is 1. The van der Waals surface area contributed by atoms with Gasteiger partial charge in [-0.2, -0.15) is 0 Å². The van der Waals surface area contributed by atoms with Crippen molar-refractivity contribution in [2.45, 2.75) is 52.1 Å². The molecule has 3 heteroatoms. The second kappa shape index (κ2) is 4.58. The quantitative estimate of drug-likeness (QED) is 0.738. The second-order valence-electron chi connectivity index (χ2n) is 5.92. The molecule has 0 aromatic heterocycles. The van der Waals surface area contributed by atoms with Crippen LogP contribution < -0.4 is 0 Å². The fraction of sp³-hybridized carbons (Fsp3) is 0.533. The van der Waals surface area contributed by atoms with Gasteiger partial charge in [-0.3, -0.25) is 0 Å². The van der Waals surface area contributed by atoms with Gasteiger partial charge in [-0.05, 0) is 63.6 Å². The summed E-state index contributed by atoms with van der Waals surface area (Å²) in [4.78, 5) is 12.0. The van der Waals surface area contributed by atoms with Gasteiger partial charge < -0.3 is 4.74 Å². The van der Waals surface area contributed by atoms with Crippen LogP contribution in [0.2, 0.25) is 5.02 Å². The maximum Gasteiger partial charge on any atom is 0.340 e. The smallest absolute Gasteiger partial charge is 0.340 e. The highest BCUT2D eigenvalue weighted by molar-refractivity contribution is 6.34. The van der Waals surface area contributed by atoms with E-state index >= 15 is 0 Å². The van der Waals surface area contributed by atoms with Crippen molar-refractivity contribution in [3.8, 4) is 0 Å². The topological polar surface area (TPSA) is 26.3 Å². The molecule has 0 unspecified atom stereocenters. The third kappa shape index (κ3) is 2.86. The van der Waals surface area contributed by atoms with Gasteiger partial charge in [0.15, 0.2) is 0 Å². The molecule has 1 aromatic rings. The molecule has 1 aliphatic rings. The van der Waals surface area contributed by atoms with Crippen LogP contribution in [0, 0.1) is 6.92 Å². The van der Waals surface area contributed by atoms with Gasteiger partial charge in [0.2, 0.25) is 0 Å². The van der Waals surface area contributed by atoms with Crippen molar-refractivity contribution in [1.29, 1.82) is 0 Å². The minimum absolute atomic E-state index is 0.349. The van der Waals surface area contributed by atoms with E-state index in [1.807, 2.05) is 33.8 Å². The summed E-state index contributed by atoms with van der Waals surface area (Å²) in [5.74, 6) is 0.285. The van der Waals surface area contributed by atoms with Crippen LogP contribution in [-0.2, 0) is 4.74 Å². The van der Waals surface area contributed by atoms with Crippen molar-refractivity contribution in [1.82, 2.24) is 0 Å². The Kier molecular flexibility index (Phi) is 3.41. The molecule has 0 radical (unpaired) electrons. The first kappa shape index (κ1) is 13.4. The van der Waals surface area contributed by atoms with E-state index in [1.165, 1.54) is 18.4 Å². The van der Waals surface area contributed by atoms with Crippen molar-refractivity contribution in [3.05, 3.63) is 33.8 Å². The number of halogens is 1. The third-order valence-corrected chi connectivity index (χ3v) is 3.55. The molecule has 98 valence electrons. The molecule has 2 nitrogen and oxygen atoms in total. The van der Waals surface area contributed by atoms with Crippen molar-refractivity contribution in [3.63, 3.8) is 0 Å². The zero-order chi connectivity index (χ0) is 13.5. The maximum atomic E-state index is 12.0. The van der Waals surface area contributed by atoms with Crippen molar-refractivity contribution in [2.24, 2.45) is 0 Å². The second-order valence-corrected chi connectivity index (χ2v) is 6.30. The van der Waals surface area contributed by atoms with E-state index in [4.69, 9.17) is 16.3 Å². The monoisotopic (exact) mass is 266 g/mol. The summed E-state index contributed by atoms with van der Waals surface area (Å²) < 4.78 is 5.35. The summed E-state index contributed by atoms with van der Waals surface area (Å²) in [5, 5.41) is 0.536. The van der Waals surface area contributed by atoms with Crippen LogP contribution >= 0.6 is 11.6 Å². The van der Waals surface area contributed by atoms with E-state index in [0.717, 1.165) is 5.56 Å². The zero-order valence-electron chi connectivity index (χ0n) is 11.3. The number of rotatable bonds is 2.